The first-order valence-corrected chi connectivity index (χ1v) is 35.1. The number of fused-ring (bicyclic) bond motifs is 1. The Morgan fingerprint density at radius 1 is 0.256 bits per heavy atom. The summed E-state index contributed by atoms with van der Waals surface area (Å²) in [6.45, 7) is 61.9. The summed E-state index contributed by atoms with van der Waals surface area (Å²) in [6.07, 6.45) is 3.52. The summed E-state index contributed by atoms with van der Waals surface area (Å²) in [5.74, 6) is -12.1. The van der Waals surface area contributed by atoms with Crippen LogP contribution in [-0.2, 0) is 181 Å². The summed E-state index contributed by atoms with van der Waals surface area (Å²) in [4.78, 5) is 137. The van der Waals surface area contributed by atoms with Gasteiger partial charge in [-0.2, -0.15) is 15.8 Å². The number of pyridine rings is 2. The SMILES string of the molecule is CC#N.CC#N.CC#N.CC(C)(C)C(=O)[O-].CC(C)(C)C(=O)[O-].CC(C)(C)C(=O)[O-].CC(C)(C)C(=O)[O-].CC(C)(C)C(=O)[O-].CC(C)(C)C(=O)[O-].CC(C)(C)C(=O)[O-].CC(C)(C)C(=O)[O-].CC(C)(C)C(=O)[O-].CC(C)(C)C(=O)[O-].CC(C)(C)C(=O)[O-].CC(C)(C)C(=O)[O-].[Co+2].[Co+3].[Fe+2].[Fe+3].[Fe+3].[Fe+3].[O-2].[O-2].[OH3+].[OH3+].c1ccc(-c2nc3ccccc3nc2-c2ccccn2)nc1. The predicted octanol–water partition coefficient (Wildman–Crippen LogP) is 0.636. The second kappa shape index (κ2) is 81.6. The van der Waals surface area contributed by atoms with Crippen LogP contribution in [0.4, 0.5) is 0 Å². The van der Waals surface area contributed by atoms with Crippen LogP contribution in [0, 0.1) is 99.0 Å². The van der Waals surface area contributed by atoms with E-state index in [4.69, 9.17) is 25.8 Å². The standard InChI is InChI=1S/C18H12N4.12C5H10O2.3C2H3N.2Co.4Fe.2H2O.2O/c1-2-8-14-13(7-1)21-17(15-9-3-5-11-19-15)18(22-14)16-10-4-6-12-20-16;12*1-5(2,3)4(6)7;3*1-2-3;;;;;;;;;;/h1-12H;12*1-3H3,(H,6,7);3*1H3;;;;;;;2*1H2;;/q;;;;;;;;;;;;;;;;+2;+3;+2;3*+3;;;2*-2/p-10. The van der Waals surface area contributed by atoms with Crippen LogP contribution >= 0.6 is 0 Å². The molecule has 0 unspecified atom stereocenters. The molecule has 4 aromatic rings. The minimum atomic E-state index is -1.01. The average molecular weight is 2030 g/mol. The minimum absolute atomic E-state index is 0. The molecule has 35 nitrogen and oxygen atoms in total. The molecule has 722 valence electrons. The Bertz CT molecular complexity index is 3080. The molecule has 0 saturated heterocycles. The molecular formula is C84H135Co2Fe4N7O28+2. The van der Waals surface area contributed by atoms with Gasteiger partial charge in [-0.05, 0) is 36.4 Å². The number of hydrogen-bond donors (Lipinski definition) is 0. The van der Waals surface area contributed by atoms with E-state index in [1.54, 1.807) is 280 Å². The van der Waals surface area contributed by atoms with E-state index >= 15 is 0 Å². The van der Waals surface area contributed by atoms with Crippen molar-refractivity contribution < 1.29 is 243 Å². The van der Waals surface area contributed by atoms with Gasteiger partial charge in [0.15, 0.2) is 0 Å². The smallest absolute Gasteiger partial charge is 2.00 e. The number of hydrogen-bond acceptors (Lipinski definition) is 31. The summed E-state index contributed by atoms with van der Waals surface area (Å²) in [6, 6.07) is 24.6. The van der Waals surface area contributed by atoms with Gasteiger partial charge < -0.3 is 141 Å². The Morgan fingerprint density at radius 2 is 0.344 bits per heavy atom. The van der Waals surface area contributed by atoms with E-state index in [0.29, 0.717) is 0 Å². The van der Waals surface area contributed by atoms with Crippen molar-refractivity contribution in [3.05, 3.63) is 73.1 Å². The molecule has 0 aliphatic rings. The average Bonchev–Trinajstić information content (AvgIpc) is 0.784. The van der Waals surface area contributed by atoms with Crippen molar-refractivity contribution in [2.75, 3.05) is 0 Å². The maximum atomic E-state index is 9.91. The first-order chi connectivity index (χ1) is 50.5. The second-order valence-electron chi connectivity index (χ2n) is 36.0. The summed E-state index contributed by atoms with van der Waals surface area (Å²) >= 11 is 0. The maximum Gasteiger partial charge on any atom is 3.00 e. The van der Waals surface area contributed by atoms with E-state index in [1.807, 2.05) is 60.7 Å². The molecule has 0 saturated carbocycles. The van der Waals surface area contributed by atoms with Gasteiger partial charge in [0.25, 0.3) is 0 Å². The number of carboxylic acid groups (broad SMARTS) is 12. The van der Waals surface area contributed by atoms with Gasteiger partial charge in [0.1, 0.15) is 11.4 Å². The molecule has 3 heterocycles. The van der Waals surface area contributed by atoms with Crippen molar-refractivity contribution in [3.63, 3.8) is 0 Å². The third-order valence-electron chi connectivity index (χ3n) is 10.7. The summed E-state index contributed by atoms with van der Waals surface area (Å²) in [5.41, 5.74) is -3.55. The molecule has 0 spiro atoms. The quantitative estimate of drug-likeness (QED) is 0.196. The Kier molecular flexibility index (Phi) is 114. The fourth-order valence-electron chi connectivity index (χ4n) is 2.36. The molecule has 0 fully saturated rings. The van der Waals surface area contributed by atoms with Crippen molar-refractivity contribution in [2.45, 2.75) is 270 Å². The number of aromatic nitrogens is 4. The Hall–Kier alpha value is -8.10. The summed E-state index contributed by atoms with van der Waals surface area (Å²) in [5, 5.41) is 141. The van der Waals surface area contributed by atoms with Crippen molar-refractivity contribution in [3.8, 4) is 41.0 Å². The number of carbonyl (C=O) groups is 12. The first kappa shape index (κ1) is 174. The number of nitriles is 3. The Labute approximate surface area is 804 Å². The molecule has 0 aliphatic heterocycles. The molecule has 0 bridgehead atoms. The van der Waals surface area contributed by atoms with Gasteiger partial charge >= 0.3 is 102 Å². The molecule has 0 atom stereocenters. The van der Waals surface area contributed by atoms with E-state index in [9.17, 15) is 119 Å². The van der Waals surface area contributed by atoms with Gasteiger partial charge in [-0.25, -0.2) is 9.97 Å². The van der Waals surface area contributed by atoms with Gasteiger partial charge in [-0.1, -0.05) is 274 Å². The molecule has 4 rings (SSSR count). The molecular weight excluding hydrogens is 1900 g/mol. The Morgan fingerprint density at radius 3 is 0.416 bits per heavy atom. The molecule has 6 N–H and O–H groups in total. The number of rotatable bonds is 2. The van der Waals surface area contributed by atoms with Gasteiger partial charge in [-0.3, -0.25) is 9.97 Å². The number of benzene rings is 1. The molecule has 0 aliphatic carbocycles. The number of aliphatic carboxylic acids is 12. The van der Waals surface area contributed by atoms with Crippen LogP contribution in [0.3, 0.4) is 0 Å². The topological polar surface area (TPSA) is 727 Å². The van der Waals surface area contributed by atoms with Gasteiger partial charge in [0, 0.05) is 170 Å². The van der Waals surface area contributed by atoms with E-state index in [0.717, 1.165) is 33.8 Å². The molecule has 1 aromatic carbocycles. The van der Waals surface area contributed by atoms with E-state index in [1.165, 1.54) is 20.8 Å². The predicted molar refractivity (Wildman–Crippen MR) is 425 cm³/mol. The third kappa shape index (κ3) is 122. The van der Waals surface area contributed by atoms with E-state index in [-0.39, 0.29) is 124 Å². The van der Waals surface area contributed by atoms with Gasteiger partial charge in [0.05, 0.1) is 40.6 Å². The monoisotopic (exact) mass is 2030 g/mol. The number of para-hydroxylation sites is 2. The van der Waals surface area contributed by atoms with Crippen LogP contribution in [0.15, 0.2) is 73.1 Å². The zero-order valence-electron chi connectivity index (χ0n) is 79.4. The van der Waals surface area contributed by atoms with E-state index in [2.05, 4.69) is 9.97 Å². The zero-order valence-corrected chi connectivity index (χ0v) is 85.9. The Balaban J connectivity index is -0.0000000465. The normalized spacial score (nSPS) is 9.66. The van der Waals surface area contributed by atoms with Gasteiger partial charge in [0.2, 0.25) is 0 Å². The fraction of sp³-hybridized carbons (Fsp3) is 0.607. The third-order valence-corrected chi connectivity index (χ3v) is 10.7. The maximum absolute atomic E-state index is 9.91. The molecule has 41 heteroatoms. The number of carboxylic acids is 12. The van der Waals surface area contributed by atoms with Crippen molar-refractivity contribution in [2.24, 2.45) is 65.0 Å². The second-order valence-corrected chi connectivity index (χ2v) is 36.0. The number of nitrogens with zero attached hydrogens (tertiary/aromatic N) is 7. The molecule has 0 amide bonds. The minimum Gasteiger partial charge on any atom is -2.00 e. The molecule has 125 heavy (non-hydrogen) atoms. The summed E-state index contributed by atoms with van der Waals surface area (Å²) in [7, 11) is 0. The van der Waals surface area contributed by atoms with Crippen LogP contribution in [0.25, 0.3) is 33.8 Å². The van der Waals surface area contributed by atoms with Crippen LogP contribution < -0.4 is 61.3 Å². The van der Waals surface area contributed by atoms with Crippen LogP contribution in [0.2, 0.25) is 0 Å². The van der Waals surface area contributed by atoms with Crippen molar-refractivity contribution >= 4 is 82.7 Å². The van der Waals surface area contributed by atoms with Crippen molar-refractivity contribution in [1.29, 1.82) is 15.8 Å². The first-order valence-electron chi connectivity index (χ1n) is 35.1. The van der Waals surface area contributed by atoms with Crippen LogP contribution in [-0.4, -0.2) is 91.6 Å². The van der Waals surface area contributed by atoms with Crippen LogP contribution in [0.5, 0.6) is 0 Å². The summed E-state index contributed by atoms with van der Waals surface area (Å²) < 4.78 is 0. The zero-order chi connectivity index (χ0) is 95.8. The van der Waals surface area contributed by atoms with E-state index < -0.39 is 137 Å². The molecule has 3 aromatic heterocycles. The molecule has 4 radical (unpaired) electrons. The van der Waals surface area contributed by atoms with Crippen LogP contribution in [0.1, 0.15) is 270 Å². The van der Waals surface area contributed by atoms with Gasteiger partial charge in [-0.15, -0.1) is 0 Å². The number of carbonyl (C=O) groups excluding carboxylic acids is 12. The largest absolute Gasteiger partial charge is 3.00 e. The van der Waals surface area contributed by atoms with Crippen molar-refractivity contribution in [1.82, 2.24) is 19.9 Å². The fourth-order valence-corrected chi connectivity index (χ4v) is 2.36.